The van der Waals surface area contributed by atoms with Crippen LogP contribution in [0.25, 0.3) is 0 Å². The first kappa shape index (κ1) is 13.4. The van der Waals surface area contributed by atoms with E-state index in [0.717, 1.165) is 22.7 Å². The molecule has 0 saturated carbocycles. The van der Waals surface area contributed by atoms with Crippen molar-refractivity contribution in [2.75, 3.05) is 25.4 Å². The third-order valence-corrected chi connectivity index (χ3v) is 5.52. The van der Waals surface area contributed by atoms with Crippen molar-refractivity contribution in [1.29, 1.82) is 0 Å². The lowest BCUT2D eigenvalue weighted by Gasteiger charge is -2.42. The molecule has 2 aliphatic heterocycles. The van der Waals surface area contributed by atoms with Crippen LogP contribution in [-0.2, 0) is 6.54 Å². The maximum absolute atomic E-state index is 5.97. The normalized spacial score (nSPS) is 28.5. The minimum absolute atomic E-state index is 0.627. The first-order valence-electron chi connectivity index (χ1n) is 7.16. The Morgan fingerprint density at radius 1 is 1.37 bits per heavy atom. The highest BCUT2D eigenvalue weighted by Gasteiger charge is 2.34. The summed E-state index contributed by atoms with van der Waals surface area (Å²) in [7, 11) is 0. The average molecular weight is 324 g/mol. The van der Waals surface area contributed by atoms with E-state index < -0.39 is 0 Å². The fraction of sp³-hybridized carbons (Fsp3) is 0.600. The fourth-order valence-corrected chi connectivity index (χ4v) is 3.80. The Morgan fingerprint density at radius 2 is 2.21 bits per heavy atom. The molecule has 2 N–H and O–H groups in total. The molecule has 0 radical (unpaired) electrons. The van der Waals surface area contributed by atoms with Crippen LogP contribution in [0.3, 0.4) is 0 Å². The number of hydrogen-bond acceptors (Lipinski definition) is 3. The number of nitrogens with two attached hydrogens (primary N) is 1. The Kier molecular flexibility index (Phi) is 3.83. The van der Waals surface area contributed by atoms with E-state index >= 15 is 0 Å². The van der Waals surface area contributed by atoms with Gasteiger partial charge in [-0.3, -0.25) is 9.80 Å². The summed E-state index contributed by atoms with van der Waals surface area (Å²) in [5.74, 6) is 0. The van der Waals surface area contributed by atoms with E-state index in [1.807, 2.05) is 12.1 Å². The van der Waals surface area contributed by atoms with Gasteiger partial charge in [-0.25, -0.2) is 0 Å². The summed E-state index contributed by atoms with van der Waals surface area (Å²) in [4.78, 5) is 5.27. The van der Waals surface area contributed by atoms with E-state index in [4.69, 9.17) is 5.73 Å². The maximum atomic E-state index is 5.97. The molecule has 3 nitrogen and oxygen atoms in total. The number of fused-ring (bicyclic) bond motifs is 1. The second kappa shape index (κ2) is 5.43. The summed E-state index contributed by atoms with van der Waals surface area (Å²) >= 11 is 3.62. The Labute approximate surface area is 123 Å². The minimum atomic E-state index is 0.627. The Hall–Kier alpha value is -0.580. The van der Waals surface area contributed by atoms with Gasteiger partial charge >= 0.3 is 0 Å². The van der Waals surface area contributed by atoms with Gasteiger partial charge in [-0.05, 0) is 53.9 Å². The van der Waals surface area contributed by atoms with Crippen molar-refractivity contribution in [3.63, 3.8) is 0 Å². The minimum Gasteiger partial charge on any atom is -0.398 e. The Bertz CT molecular complexity index is 463. The molecule has 4 heteroatoms. The maximum Gasteiger partial charge on any atom is 0.0461 e. The lowest BCUT2D eigenvalue weighted by atomic mass is 10.1. The molecule has 3 rings (SSSR count). The molecule has 0 amide bonds. The van der Waals surface area contributed by atoms with Gasteiger partial charge in [0.15, 0.2) is 0 Å². The summed E-state index contributed by atoms with van der Waals surface area (Å²) in [6, 6.07) is 7.57. The molecule has 1 aromatic carbocycles. The first-order valence-corrected chi connectivity index (χ1v) is 7.95. The fourth-order valence-electron chi connectivity index (χ4n) is 3.41. The first-order chi connectivity index (χ1) is 9.15. The molecule has 104 valence electrons. The van der Waals surface area contributed by atoms with Gasteiger partial charge < -0.3 is 5.73 Å². The predicted molar refractivity (Wildman–Crippen MR) is 83.0 cm³/mol. The molecule has 0 bridgehead atoms. The molecular weight excluding hydrogens is 302 g/mol. The van der Waals surface area contributed by atoms with Gasteiger partial charge in [0.1, 0.15) is 0 Å². The number of halogens is 1. The quantitative estimate of drug-likeness (QED) is 0.849. The van der Waals surface area contributed by atoms with Gasteiger partial charge in [-0.1, -0.05) is 12.1 Å². The van der Waals surface area contributed by atoms with E-state index in [0.29, 0.717) is 6.04 Å². The van der Waals surface area contributed by atoms with Gasteiger partial charge in [0.25, 0.3) is 0 Å². The number of nitrogens with zero attached hydrogens (tertiary/aromatic N) is 2. The van der Waals surface area contributed by atoms with Crippen molar-refractivity contribution >= 4 is 21.6 Å². The Morgan fingerprint density at radius 3 is 3.05 bits per heavy atom. The summed E-state index contributed by atoms with van der Waals surface area (Å²) in [5, 5.41) is 0. The molecule has 0 aromatic heterocycles. The standard InChI is InChI=1S/C15H22BrN3/c1-11-8-18-7-3-5-13(18)10-19(11)9-12-4-2-6-14(17)15(12)16/h2,4,6,11,13H,3,5,7-10,17H2,1H3. The van der Waals surface area contributed by atoms with Crippen molar-refractivity contribution in [2.24, 2.45) is 0 Å². The molecule has 2 heterocycles. The van der Waals surface area contributed by atoms with Crippen molar-refractivity contribution in [3.05, 3.63) is 28.2 Å². The molecule has 19 heavy (non-hydrogen) atoms. The van der Waals surface area contributed by atoms with Gasteiger partial charge in [0.2, 0.25) is 0 Å². The largest absolute Gasteiger partial charge is 0.398 e. The number of piperazine rings is 1. The predicted octanol–water partition coefficient (Wildman–Crippen LogP) is 2.70. The van der Waals surface area contributed by atoms with Gasteiger partial charge in [-0.15, -0.1) is 0 Å². The van der Waals surface area contributed by atoms with Crippen molar-refractivity contribution in [2.45, 2.75) is 38.4 Å². The lowest BCUT2D eigenvalue weighted by molar-refractivity contribution is 0.0539. The van der Waals surface area contributed by atoms with Crippen LogP contribution >= 0.6 is 15.9 Å². The highest BCUT2D eigenvalue weighted by atomic mass is 79.9. The highest BCUT2D eigenvalue weighted by Crippen LogP contribution is 2.29. The number of nitrogen functional groups attached to an aromatic ring is 1. The van der Waals surface area contributed by atoms with Crippen molar-refractivity contribution < 1.29 is 0 Å². The average Bonchev–Trinajstić information content (AvgIpc) is 2.82. The zero-order chi connectivity index (χ0) is 13.4. The van der Waals surface area contributed by atoms with Crippen molar-refractivity contribution in [3.8, 4) is 0 Å². The summed E-state index contributed by atoms with van der Waals surface area (Å²) in [6.45, 7) is 7.05. The van der Waals surface area contributed by atoms with E-state index in [1.165, 1.54) is 38.0 Å². The van der Waals surface area contributed by atoms with E-state index in [9.17, 15) is 0 Å². The summed E-state index contributed by atoms with van der Waals surface area (Å²) in [5.41, 5.74) is 8.11. The highest BCUT2D eigenvalue weighted by molar-refractivity contribution is 9.10. The van der Waals surface area contributed by atoms with Crippen LogP contribution in [0.4, 0.5) is 5.69 Å². The molecule has 1 aromatic rings. The van der Waals surface area contributed by atoms with E-state index in [-0.39, 0.29) is 0 Å². The lowest BCUT2D eigenvalue weighted by Crippen LogP contribution is -2.54. The van der Waals surface area contributed by atoms with Crippen LogP contribution in [-0.4, -0.2) is 41.5 Å². The SMILES string of the molecule is CC1CN2CCCC2CN1Cc1cccc(N)c1Br. The van der Waals surface area contributed by atoms with Gasteiger partial charge in [0.05, 0.1) is 0 Å². The smallest absolute Gasteiger partial charge is 0.0461 e. The third kappa shape index (κ3) is 2.67. The van der Waals surface area contributed by atoms with Crippen LogP contribution in [0, 0.1) is 0 Å². The third-order valence-electron chi connectivity index (χ3n) is 4.55. The molecule has 2 saturated heterocycles. The molecule has 0 spiro atoms. The van der Waals surface area contributed by atoms with Crippen LogP contribution in [0.15, 0.2) is 22.7 Å². The summed E-state index contributed by atoms with van der Waals surface area (Å²) in [6.07, 6.45) is 2.73. The van der Waals surface area contributed by atoms with Crippen LogP contribution in [0.1, 0.15) is 25.3 Å². The number of anilines is 1. The molecule has 2 aliphatic rings. The van der Waals surface area contributed by atoms with Crippen molar-refractivity contribution in [1.82, 2.24) is 9.80 Å². The van der Waals surface area contributed by atoms with Crippen LogP contribution < -0.4 is 5.73 Å². The molecular formula is C15H22BrN3. The number of rotatable bonds is 2. The second-order valence-electron chi connectivity index (χ2n) is 5.89. The van der Waals surface area contributed by atoms with Gasteiger partial charge in [0, 0.05) is 41.9 Å². The van der Waals surface area contributed by atoms with Gasteiger partial charge in [-0.2, -0.15) is 0 Å². The molecule has 0 aliphatic carbocycles. The number of hydrogen-bond donors (Lipinski definition) is 1. The second-order valence-corrected chi connectivity index (χ2v) is 6.68. The molecule has 2 atom stereocenters. The zero-order valence-corrected chi connectivity index (χ0v) is 13.1. The Balaban J connectivity index is 1.73. The van der Waals surface area contributed by atoms with Crippen LogP contribution in [0.2, 0.25) is 0 Å². The van der Waals surface area contributed by atoms with Crippen LogP contribution in [0.5, 0.6) is 0 Å². The van der Waals surface area contributed by atoms with E-state index in [1.54, 1.807) is 0 Å². The monoisotopic (exact) mass is 323 g/mol. The number of benzene rings is 1. The topological polar surface area (TPSA) is 32.5 Å². The van der Waals surface area contributed by atoms with E-state index in [2.05, 4.69) is 38.7 Å². The molecule has 2 fully saturated rings. The zero-order valence-electron chi connectivity index (χ0n) is 11.5. The summed E-state index contributed by atoms with van der Waals surface area (Å²) < 4.78 is 1.07. The molecule has 2 unspecified atom stereocenters.